The summed E-state index contributed by atoms with van der Waals surface area (Å²) in [6, 6.07) is 8.24. The van der Waals surface area contributed by atoms with Gasteiger partial charge in [0, 0.05) is 35.3 Å². The fourth-order valence-corrected chi connectivity index (χ4v) is 3.40. The zero-order valence-electron chi connectivity index (χ0n) is 13.9. The van der Waals surface area contributed by atoms with E-state index in [2.05, 4.69) is 0 Å². The van der Waals surface area contributed by atoms with Crippen molar-refractivity contribution in [2.45, 2.75) is 12.4 Å². The van der Waals surface area contributed by atoms with Crippen LogP contribution in [0.5, 0.6) is 0 Å². The minimum atomic E-state index is -4.63. The van der Waals surface area contributed by atoms with Gasteiger partial charge in [0.25, 0.3) is 0 Å². The van der Waals surface area contributed by atoms with Crippen molar-refractivity contribution in [2.24, 2.45) is 0 Å². The van der Waals surface area contributed by atoms with E-state index in [1.165, 1.54) is 36.8 Å². The lowest BCUT2D eigenvalue weighted by Crippen LogP contribution is -2.13. The Labute approximate surface area is 155 Å². The smallest absolute Gasteiger partial charge is 0.207 e. The lowest BCUT2D eigenvalue weighted by molar-refractivity contribution is -0.137. The number of alkyl halides is 6. The molecule has 0 saturated heterocycles. The van der Waals surface area contributed by atoms with E-state index < -0.39 is 29.3 Å². The Hall–Kier alpha value is -2.96. The molecule has 2 aromatic rings. The second-order valence-electron chi connectivity index (χ2n) is 6.40. The second-order valence-corrected chi connectivity index (χ2v) is 6.40. The van der Waals surface area contributed by atoms with Crippen LogP contribution in [0.15, 0.2) is 65.8 Å². The first-order chi connectivity index (χ1) is 13.1. The van der Waals surface area contributed by atoms with Crippen molar-refractivity contribution in [3.05, 3.63) is 100 Å². The van der Waals surface area contributed by atoms with Crippen LogP contribution in [0.25, 0.3) is 11.1 Å². The normalized spacial score (nSPS) is 16.2. The molecule has 0 atom stereocenters. The summed E-state index contributed by atoms with van der Waals surface area (Å²) in [5.41, 5.74) is -0.0633. The fourth-order valence-electron chi connectivity index (χ4n) is 3.40. The Morgan fingerprint density at radius 1 is 0.750 bits per heavy atom. The minimum absolute atomic E-state index is 0.0650. The highest BCUT2D eigenvalue weighted by Crippen LogP contribution is 2.50. The van der Waals surface area contributed by atoms with Gasteiger partial charge in [-0.1, -0.05) is 0 Å². The van der Waals surface area contributed by atoms with E-state index in [1.807, 2.05) is 0 Å². The maximum atomic E-state index is 13.3. The number of benzene rings is 2. The number of allylic oxidation sites excluding steroid dienone is 5. The van der Waals surface area contributed by atoms with E-state index in [0.717, 1.165) is 24.3 Å². The van der Waals surface area contributed by atoms with Crippen LogP contribution in [0.3, 0.4) is 0 Å². The van der Waals surface area contributed by atoms with Crippen LogP contribution in [-0.2, 0) is 6.18 Å². The molecule has 0 spiro atoms. The molecule has 0 nitrogen and oxygen atoms in total. The summed E-state index contributed by atoms with van der Waals surface area (Å²) in [6.07, 6.45) is -6.28. The molecule has 0 unspecified atom stereocenters. The third-order valence-electron chi connectivity index (χ3n) is 4.66. The molecule has 0 bridgehead atoms. The zero-order valence-corrected chi connectivity index (χ0v) is 13.9. The number of rotatable bonds is 1. The Bertz CT molecular complexity index is 1050. The average molecular weight is 395 g/mol. The van der Waals surface area contributed by atoms with Crippen LogP contribution in [-0.4, -0.2) is 6.18 Å². The third kappa shape index (κ3) is 3.00. The summed E-state index contributed by atoms with van der Waals surface area (Å²) < 4.78 is 92.1. The summed E-state index contributed by atoms with van der Waals surface area (Å²) >= 11 is 0. The quantitative estimate of drug-likeness (QED) is 0.370. The van der Waals surface area contributed by atoms with E-state index >= 15 is 0 Å². The fraction of sp³-hybridized carbons (Fsp3) is 0.0952. The lowest BCUT2D eigenvalue weighted by atomic mass is 9.91. The van der Waals surface area contributed by atoms with Gasteiger partial charge in [-0.2, -0.15) is 26.3 Å². The van der Waals surface area contributed by atoms with Gasteiger partial charge in [0.1, 0.15) is 17.0 Å². The molecule has 4 rings (SSSR count). The van der Waals surface area contributed by atoms with Crippen LogP contribution in [0.4, 0.5) is 30.7 Å². The van der Waals surface area contributed by atoms with Gasteiger partial charge in [0.15, 0.2) is 0 Å². The van der Waals surface area contributed by atoms with Gasteiger partial charge < -0.3 is 0 Å². The summed E-state index contributed by atoms with van der Waals surface area (Å²) in [5.74, 6) is -0.498. The van der Waals surface area contributed by atoms with Gasteiger partial charge in [-0.3, -0.25) is 0 Å². The Kier molecular flexibility index (Phi) is 3.96. The molecule has 2 aliphatic rings. The Morgan fingerprint density at radius 3 is 2.04 bits per heavy atom. The standard InChI is InChI=1S/C21H10F7/c22-14-5-1-11(2-6-14)19-15-7-3-12(20(23,24)25)9-17(15)18-10-13(21(26,27)28)4-8-16(18)19/h1-10H/q+1. The summed E-state index contributed by atoms with van der Waals surface area (Å²) in [6.45, 7) is 0. The molecule has 28 heavy (non-hydrogen) atoms. The number of hydrogen-bond donors (Lipinski definition) is 0. The molecular formula is C21H10F7+. The largest absolute Gasteiger partial charge is 0.454 e. The van der Waals surface area contributed by atoms with Gasteiger partial charge >= 0.3 is 12.4 Å². The molecule has 0 N–H and O–H groups in total. The van der Waals surface area contributed by atoms with Crippen LogP contribution < -0.4 is 0 Å². The van der Waals surface area contributed by atoms with E-state index in [-0.39, 0.29) is 11.1 Å². The average Bonchev–Trinajstić information content (AvgIpc) is 2.94. The maximum Gasteiger partial charge on any atom is 0.454 e. The minimum Gasteiger partial charge on any atom is -0.207 e. The van der Waals surface area contributed by atoms with Crippen LogP contribution in [0.2, 0.25) is 0 Å². The molecule has 0 aromatic heterocycles. The zero-order chi connectivity index (χ0) is 20.3. The first-order valence-electron chi connectivity index (χ1n) is 8.12. The van der Waals surface area contributed by atoms with Crippen molar-refractivity contribution < 1.29 is 30.7 Å². The summed E-state index contributed by atoms with van der Waals surface area (Å²) in [4.78, 5) is 0. The van der Waals surface area contributed by atoms with Crippen molar-refractivity contribution in [1.29, 1.82) is 0 Å². The molecule has 2 aromatic carbocycles. The van der Waals surface area contributed by atoms with Gasteiger partial charge in [0.05, 0.1) is 16.7 Å². The van der Waals surface area contributed by atoms with Gasteiger partial charge in [0.2, 0.25) is 0 Å². The number of halogens is 7. The lowest BCUT2D eigenvalue weighted by Gasteiger charge is -2.11. The van der Waals surface area contributed by atoms with E-state index in [0.29, 0.717) is 22.3 Å². The molecule has 7 heteroatoms. The van der Waals surface area contributed by atoms with Crippen LogP contribution in [0.1, 0.15) is 22.3 Å². The van der Waals surface area contributed by atoms with Crippen molar-refractivity contribution in [3.8, 4) is 0 Å². The molecule has 0 radical (unpaired) electrons. The molecule has 0 amide bonds. The summed E-state index contributed by atoms with van der Waals surface area (Å²) in [5, 5.41) is 0. The van der Waals surface area contributed by atoms with Crippen LogP contribution >= 0.6 is 0 Å². The van der Waals surface area contributed by atoms with Gasteiger partial charge in [-0.05, 0) is 42.5 Å². The third-order valence-corrected chi connectivity index (χ3v) is 4.66. The van der Waals surface area contributed by atoms with Crippen molar-refractivity contribution in [1.82, 2.24) is 0 Å². The van der Waals surface area contributed by atoms with Gasteiger partial charge in [-0.15, -0.1) is 0 Å². The van der Waals surface area contributed by atoms with E-state index in [9.17, 15) is 30.7 Å². The predicted octanol–water partition coefficient (Wildman–Crippen LogP) is 6.75. The Morgan fingerprint density at radius 2 is 1.43 bits per heavy atom. The summed E-state index contributed by atoms with van der Waals surface area (Å²) in [7, 11) is 0. The highest BCUT2D eigenvalue weighted by Gasteiger charge is 2.44. The monoisotopic (exact) mass is 395 g/mol. The molecular weight excluding hydrogens is 385 g/mol. The van der Waals surface area contributed by atoms with Crippen LogP contribution in [0, 0.1) is 12.2 Å². The van der Waals surface area contributed by atoms with Crippen molar-refractivity contribution in [3.63, 3.8) is 0 Å². The number of hydrogen-bond acceptors (Lipinski definition) is 0. The Balaban J connectivity index is 1.95. The molecule has 142 valence electrons. The molecule has 0 fully saturated rings. The molecule has 0 aliphatic heterocycles. The van der Waals surface area contributed by atoms with Crippen molar-refractivity contribution in [2.75, 3.05) is 0 Å². The molecule has 0 saturated carbocycles. The molecule has 2 aliphatic carbocycles. The highest BCUT2D eigenvalue weighted by molar-refractivity contribution is 6.07. The topological polar surface area (TPSA) is 0 Å². The van der Waals surface area contributed by atoms with Crippen molar-refractivity contribution >= 4 is 11.1 Å². The molecule has 0 heterocycles. The van der Waals surface area contributed by atoms with Gasteiger partial charge in [-0.25, -0.2) is 4.39 Å². The SMILES string of the molecule is Fc1ccc(C2=C3[CH+]C=C(C(F)(F)F)C=C3c3cc(C(F)(F)F)ccc32)cc1. The van der Waals surface area contributed by atoms with E-state index in [1.54, 1.807) is 0 Å². The number of fused-ring (bicyclic) bond motifs is 3. The predicted molar refractivity (Wildman–Crippen MR) is 90.3 cm³/mol. The van der Waals surface area contributed by atoms with E-state index in [4.69, 9.17) is 0 Å². The maximum absolute atomic E-state index is 13.3. The first kappa shape index (κ1) is 18.4. The first-order valence-corrected chi connectivity index (χ1v) is 8.12. The highest BCUT2D eigenvalue weighted by atomic mass is 19.4. The second kappa shape index (κ2) is 6.02.